The summed E-state index contributed by atoms with van der Waals surface area (Å²) in [4.78, 5) is 13.0. The van der Waals surface area contributed by atoms with E-state index in [9.17, 15) is 4.79 Å². The lowest BCUT2D eigenvalue weighted by molar-refractivity contribution is -0.129. The minimum Gasteiger partial charge on any atom is -0.381 e. The second kappa shape index (κ2) is 9.64. The molecule has 0 saturated carbocycles. The Bertz CT molecular complexity index is 181. The second-order valence-corrected chi connectivity index (χ2v) is 4.67. The fraction of sp³-hybridized carbons (Fsp3) is 0.923. The average Bonchev–Trinajstić information content (AvgIpc) is 2.25. The van der Waals surface area contributed by atoms with Gasteiger partial charge in [0.1, 0.15) is 0 Å². The summed E-state index contributed by atoms with van der Waals surface area (Å²) in [5.41, 5.74) is 0. The highest BCUT2D eigenvalue weighted by atomic mass is 16.5. The van der Waals surface area contributed by atoms with Crippen molar-refractivity contribution in [2.75, 3.05) is 26.8 Å². The van der Waals surface area contributed by atoms with Crippen LogP contribution in [-0.4, -0.2) is 37.6 Å². The molecule has 1 amide bonds. The lowest BCUT2D eigenvalue weighted by atomic mass is 10.1. The summed E-state index contributed by atoms with van der Waals surface area (Å²) >= 11 is 0. The van der Waals surface area contributed by atoms with Crippen molar-refractivity contribution in [1.82, 2.24) is 4.90 Å². The van der Waals surface area contributed by atoms with E-state index in [4.69, 9.17) is 4.74 Å². The summed E-state index contributed by atoms with van der Waals surface area (Å²) in [7, 11) is 1.85. The molecule has 0 radical (unpaired) electrons. The largest absolute Gasteiger partial charge is 0.381 e. The SMILES string of the molecule is CCC(=O)N(C)CCCOCCCC(C)C. The van der Waals surface area contributed by atoms with Gasteiger partial charge in [0.2, 0.25) is 5.91 Å². The zero-order valence-electron chi connectivity index (χ0n) is 11.3. The molecule has 0 unspecified atom stereocenters. The maximum absolute atomic E-state index is 11.2. The molecule has 0 N–H and O–H groups in total. The van der Waals surface area contributed by atoms with Gasteiger partial charge in [0.05, 0.1) is 0 Å². The predicted molar refractivity (Wildman–Crippen MR) is 67.4 cm³/mol. The lowest BCUT2D eigenvalue weighted by Crippen LogP contribution is -2.27. The normalized spacial score (nSPS) is 10.8. The molecule has 0 aliphatic rings. The van der Waals surface area contributed by atoms with Crippen LogP contribution in [0.2, 0.25) is 0 Å². The quantitative estimate of drug-likeness (QED) is 0.569. The Balaban J connectivity index is 3.24. The lowest BCUT2D eigenvalue weighted by Gasteiger charge is -2.15. The summed E-state index contributed by atoms with van der Waals surface area (Å²) in [6.45, 7) is 8.76. The highest BCUT2D eigenvalue weighted by molar-refractivity contribution is 5.75. The van der Waals surface area contributed by atoms with E-state index in [1.54, 1.807) is 4.90 Å². The molecule has 3 nitrogen and oxygen atoms in total. The first-order valence-corrected chi connectivity index (χ1v) is 6.39. The summed E-state index contributed by atoms with van der Waals surface area (Å²) in [5, 5.41) is 0. The van der Waals surface area contributed by atoms with Gasteiger partial charge < -0.3 is 9.64 Å². The number of carbonyl (C=O) groups is 1. The van der Waals surface area contributed by atoms with E-state index in [1.165, 1.54) is 6.42 Å². The number of amides is 1. The molecule has 0 aromatic heterocycles. The molecule has 0 aromatic carbocycles. The molecule has 0 atom stereocenters. The number of ether oxygens (including phenoxy) is 1. The van der Waals surface area contributed by atoms with Crippen molar-refractivity contribution in [2.45, 2.75) is 46.5 Å². The van der Waals surface area contributed by atoms with E-state index >= 15 is 0 Å². The van der Waals surface area contributed by atoms with Crippen molar-refractivity contribution in [3.05, 3.63) is 0 Å². The fourth-order valence-corrected chi connectivity index (χ4v) is 1.49. The Morgan fingerprint density at radius 2 is 1.88 bits per heavy atom. The molecule has 96 valence electrons. The van der Waals surface area contributed by atoms with E-state index < -0.39 is 0 Å². The van der Waals surface area contributed by atoms with Crippen LogP contribution in [0.4, 0.5) is 0 Å². The van der Waals surface area contributed by atoms with Crippen molar-refractivity contribution in [2.24, 2.45) is 5.92 Å². The molecule has 3 heteroatoms. The molecule has 0 saturated heterocycles. The van der Waals surface area contributed by atoms with E-state index in [2.05, 4.69) is 13.8 Å². The van der Waals surface area contributed by atoms with Crippen LogP contribution in [0.5, 0.6) is 0 Å². The first-order valence-electron chi connectivity index (χ1n) is 6.39. The van der Waals surface area contributed by atoms with Gasteiger partial charge in [0, 0.05) is 33.2 Å². The van der Waals surface area contributed by atoms with Gasteiger partial charge in [0.15, 0.2) is 0 Å². The standard InChI is InChI=1S/C13H27NO2/c1-5-13(15)14(4)9-7-11-16-10-6-8-12(2)3/h12H,5-11H2,1-4H3. The molecule has 0 spiro atoms. The van der Waals surface area contributed by atoms with Crippen LogP contribution < -0.4 is 0 Å². The number of hydrogen-bond acceptors (Lipinski definition) is 2. The van der Waals surface area contributed by atoms with Gasteiger partial charge in [-0.2, -0.15) is 0 Å². The van der Waals surface area contributed by atoms with Crippen LogP contribution in [0, 0.1) is 5.92 Å². The number of carbonyl (C=O) groups excluding carboxylic acids is 1. The monoisotopic (exact) mass is 229 g/mol. The molecular weight excluding hydrogens is 202 g/mol. The summed E-state index contributed by atoms with van der Waals surface area (Å²) in [5.74, 6) is 0.969. The van der Waals surface area contributed by atoms with Crippen molar-refractivity contribution in [3.8, 4) is 0 Å². The van der Waals surface area contributed by atoms with Crippen molar-refractivity contribution in [1.29, 1.82) is 0 Å². The first kappa shape index (κ1) is 15.4. The van der Waals surface area contributed by atoms with Crippen LogP contribution in [0.1, 0.15) is 46.5 Å². The van der Waals surface area contributed by atoms with Gasteiger partial charge in [-0.15, -0.1) is 0 Å². The zero-order chi connectivity index (χ0) is 12.4. The van der Waals surface area contributed by atoms with Gasteiger partial charge >= 0.3 is 0 Å². The molecule has 0 aromatic rings. The second-order valence-electron chi connectivity index (χ2n) is 4.67. The summed E-state index contributed by atoms with van der Waals surface area (Å²) < 4.78 is 5.51. The summed E-state index contributed by atoms with van der Waals surface area (Å²) in [6.07, 6.45) is 3.89. The maximum Gasteiger partial charge on any atom is 0.222 e. The van der Waals surface area contributed by atoms with Crippen molar-refractivity contribution < 1.29 is 9.53 Å². The van der Waals surface area contributed by atoms with Crippen LogP contribution in [0.3, 0.4) is 0 Å². The fourth-order valence-electron chi connectivity index (χ4n) is 1.49. The molecular formula is C13H27NO2. The molecule has 0 aliphatic heterocycles. The van der Waals surface area contributed by atoms with E-state index in [0.717, 1.165) is 38.5 Å². The smallest absolute Gasteiger partial charge is 0.222 e. The highest BCUT2D eigenvalue weighted by Crippen LogP contribution is 2.03. The van der Waals surface area contributed by atoms with Gasteiger partial charge in [-0.05, 0) is 25.2 Å². The Kier molecular flexibility index (Phi) is 9.30. The topological polar surface area (TPSA) is 29.5 Å². The molecule has 0 rings (SSSR count). The van der Waals surface area contributed by atoms with Gasteiger partial charge in [-0.25, -0.2) is 0 Å². The van der Waals surface area contributed by atoms with Crippen LogP contribution >= 0.6 is 0 Å². The van der Waals surface area contributed by atoms with Crippen LogP contribution in [0.25, 0.3) is 0 Å². The van der Waals surface area contributed by atoms with Crippen molar-refractivity contribution >= 4 is 5.91 Å². The zero-order valence-corrected chi connectivity index (χ0v) is 11.3. The third-order valence-corrected chi connectivity index (χ3v) is 2.58. The van der Waals surface area contributed by atoms with Gasteiger partial charge in [0.25, 0.3) is 0 Å². The predicted octanol–water partition coefficient (Wildman–Crippen LogP) is 2.70. The average molecular weight is 229 g/mol. The number of nitrogens with zero attached hydrogens (tertiary/aromatic N) is 1. The Morgan fingerprint density at radius 3 is 2.44 bits per heavy atom. The molecule has 0 aliphatic carbocycles. The molecule has 0 fully saturated rings. The third kappa shape index (κ3) is 8.72. The minimum atomic E-state index is 0.208. The minimum absolute atomic E-state index is 0.208. The Labute approximate surface area is 100 Å². The Hall–Kier alpha value is -0.570. The van der Waals surface area contributed by atoms with Crippen molar-refractivity contribution in [3.63, 3.8) is 0 Å². The number of rotatable bonds is 9. The summed E-state index contributed by atoms with van der Waals surface area (Å²) in [6, 6.07) is 0. The van der Waals surface area contributed by atoms with E-state index in [1.807, 2.05) is 14.0 Å². The van der Waals surface area contributed by atoms with E-state index in [-0.39, 0.29) is 5.91 Å². The molecule has 16 heavy (non-hydrogen) atoms. The molecule has 0 bridgehead atoms. The third-order valence-electron chi connectivity index (χ3n) is 2.58. The Morgan fingerprint density at radius 1 is 1.25 bits per heavy atom. The van der Waals surface area contributed by atoms with Crippen LogP contribution in [0.15, 0.2) is 0 Å². The maximum atomic E-state index is 11.2. The number of hydrogen-bond donors (Lipinski definition) is 0. The van der Waals surface area contributed by atoms with Crippen LogP contribution in [-0.2, 0) is 9.53 Å². The van der Waals surface area contributed by atoms with Gasteiger partial charge in [-0.1, -0.05) is 20.8 Å². The highest BCUT2D eigenvalue weighted by Gasteiger charge is 2.04. The van der Waals surface area contributed by atoms with E-state index in [0.29, 0.717) is 6.42 Å². The first-order chi connectivity index (χ1) is 7.57. The van der Waals surface area contributed by atoms with Gasteiger partial charge in [-0.3, -0.25) is 4.79 Å². The molecule has 0 heterocycles.